The second-order valence-corrected chi connectivity index (χ2v) is 6.12. The number of hydrogen-bond donors (Lipinski definition) is 1. The molecule has 1 unspecified atom stereocenters. The fraction of sp³-hybridized carbons (Fsp3) is 0.158. The first-order valence-corrected chi connectivity index (χ1v) is 8.15. The molecule has 0 amide bonds. The van der Waals surface area contributed by atoms with Gasteiger partial charge in [-0.15, -0.1) is 0 Å². The number of para-hydroxylation sites is 1. The van der Waals surface area contributed by atoms with E-state index < -0.39 is 24.0 Å². The van der Waals surface area contributed by atoms with Gasteiger partial charge in [0, 0.05) is 5.69 Å². The molecule has 1 atom stereocenters. The van der Waals surface area contributed by atoms with Crippen molar-refractivity contribution in [2.45, 2.75) is 20.1 Å². The summed E-state index contributed by atoms with van der Waals surface area (Å²) >= 11 is 6.02. The molecule has 0 saturated heterocycles. The van der Waals surface area contributed by atoms with Crippen molar-refractivity contribution >= 4 is 29.2 Å². The van der Waals surface area contributed by atoms with Gasteiger partial charge in [0.15, 0.2) is 5.03 Å². The van der Waals surface area contributed by atoms with Crippen molar-refractivity contribution in [3.05, 3.63) is 75.7 Å². The van der Waals surface area contributed by atoms with Crippen LogP contribution in [0.5, 0.6) is 0 Å². The van der Waals surface area contributed by atoms with Gasteiger partial charge in [-0.1, -0.05) is 41.9 Å². The van der Waals surface area contributed by atoms with Crippen molar-refractivity contribution in [3.63, 3.8) is 0 Å². The Kier molecular flexibility index (Phi) is 4.95. The number of nitrogens with one attached hydrogen (secondary N) is 1. The molecule has 3 rings (SSSR count). The number of carbonyl (C=O) groups is 2. The molecule has 0 fully saturated rings. The number of rotatable bonds is 4. The van der Waals surface area contributed by atoms with Crippen LogP contribution >= 0.6 is 11.6 Å². The van der Waals surface area contributed by atoms with E-state index in [1.807, 2.05) is 32.0 Å². The summed E-state index contributed by atoms with van der Waals surface area (Å²) in [7, 11) is 0. The highest BCUT2D eigenvalue weighted by Crippen LogP contribution is 2.31. The Morgan fingerprint density at radius 3 is 2.46 bits per heavy atom. The van der Waals surface area contributed by atoms with Gasteiger partial charge in [-0.3, -0.25) is 0 Å². The van der Waals surface area contributed by atoms with E-state index in [4.69, 9.17) is 21.1 Å². The van der Waals surface area contributed by atoms with Crippen molar-refractivity contribution in [1.82, 2.24) is 0 Å². The average Bonchev–Trinajstić information content (AvgIpc) is 2.85. The number of halogens is 2. The molecule has 5 nitrogen and oxygen atoms in total. The Labute approximate surface area is 154 Å². The van der Waals surface area contributed by atoms with E-state index in [1.54, 1.807) is 0 Å². The summed E-state index contributed by atoms with van der Waals surface area (Å²) in [5.41, 5.74) is 2.35. The minimum atomic E-state index is -1.39. The zero-order chi connectivity index (χ0) is 18.8. The van der Waals surface area contributed by atoms with Gasteiger partial charge in [0.25, 0.3) is 6.29 Å². The molecular formula is C19H15ClFNO4. The summed E-state index contributed by atoms with van der Waals surface area (Å²) in [6.45, 7) is 3.75. The van der Waals surface area contributed by atoms with Crippen LogP contribution in [0.15, 0.2) is 53.2 Å². The van der Waals surface area contributed by atoms with Crippen LogP contribution in [0.1, 0.15) is 21.5 Å². The third-order valence-electron chi connectivity index (χ3n) is 3.91. The fourth-order valence-corrected chi connectivity index (χ4v) is 2.73. The second-order valence-electron chi connectivity index (χ2n) is 5.74. The molecule has 1 heterocycles. The Hall–Kier alpha value is -2.86. The molecule has 0 aliphatic carbocycles. The van der Waals surface area contributed by atoms with Crippen molar-refractivity contribution < 1.29 is 23.5 Å². The molecule has 0 spiro atoms. The Bertz CT molecular complexity index is 905. The highest BCUT2D eigenvalue weighted by Gasteiger charge is 2.37. The van der Waals surface area contributed by atoms with Gasteiger partial charge in [0.2, 0.25) is 0 Å². The van der Waals surface area contributed by atoms with Gasteiger partial charge in [0.05, 0.1) is 5.56 Å². The summed E-state index contributed by atoms with van der Waals surface area (Å²) in [5, 5.41) is 2.79. The number of aryl methyl sites for hydroxylation is 2. The van der Waals surface area contributed by atoms with E-state index in [0.717, 1.165) is 17.2 Å². The van der Waals surface area contributed by atoms with Crippen LogP contribution in [0.25, 0.3) is 0 Å². The minimum absolute atomic E-state index is 0.0961. The largest absolute Gasteiger partial charge is 0.415 e. The minimum Gasteiger partial charge on any atom is -0.415 e. The molecule has 1 aliphatic heterocycles. The number of anilines is 1. The van der Waals surface area contributed by atoms with Crippen LogP contribution in [0, 0.1) is 19.7 Å². The zero-order valence-corrected chi connectivity index (χ0v) is 14.8. The molecule has 0 saturated carbocycles. The molecule has 1 N–H and O–H groups in total. The van der Waals surface area contributed by atoms with Gasteiger partial charge in [0.1, 0.15) is 11.5 Å². The maximum Gasteiger partial charge on any atom is 0.355 e. The lowest BCUT2D eigenvalue weighted by molar-refractivity contribution is -0.152. The van der Waals surface area contributed by atoms with Crippen LogP contribution in [-0.4, -0.2) is 18.2 Å². The van der Waals surface area contributed by atoms with Crippen LogP contribution < -0.4 is 5.32 Å². The van der Waals surface area contributed by atoms with Crippen molar-refractivity contribution in [2.75, 3.05) is 5.32 Å². The highest BCUT2D eigenvalue weighted by molar-refractivity contribution is 6.42. The first kappa shape index (κ1) is 17.9. The third kappa shape index (κ3) is 3.41. The molecule has 1 aliphatic rings. The second kappa shape index (κ2) is 7.17. The number of esters is 2. The number of benzene rings is 2. The van der Waals surface area contributed by atoms with E-state index in [1.165, 1.54) is 18.2 Å². The number of cyclic esters (lactones) is 1. The van der Waals surface area contributed by atoms with Crippen LogP contribution in [-0.2, 0) is 14.3 Å². The lowest BCUT2D eigenvalue weighted by Crippen LogP contribution is -2.25. The molecule has 2 aromatic carbocycles. The predicted molar refractivity (Wildman–Crippen MR) is 94.1 cm³/mol. The van der Waals surface area contributed by atoms with Crippen molar-refractivity contribution in [2.24, 2.45) is 0 Å². The Balaban J connectivity index is 1.87. The Morgan fingerprint density at radius 2 is 1.81 bits per heavy atom. The SMILES string of the molecule is Cc1cccc(C)c1NC1=C(Cl)C(=O)OC1OC(=O)c1ccccc1F. The first-order chi connectivity index (χ1) is 12.4. The monoisotopic (exact) mass is 375 g/mol. The number of ether oxygens (including phenoxy) is 2. The van der Waals surface area contributed by atoms with Gasteiger partial charge < -0.3 is 14.8 Å². The molecule has 2 aromatic rings. The van der Waals surface area contributed by atoms with Crippen LogP contribution in [0.3, 0.4) is 0 Å². The van der Waals surface area contributed by atoms with E-state index >= 15 is 0 Å². The predicted octanol–water partition coefficient (Wildman–Crippen LogP) is 4.04. The van der Waals surface area contributed by atoms with Gasteiger partial charge in [-0.05, 0) is 37.1 Å². The maximum atomic E-state index is 13.8. The quantitative estimate of drug-likeness (QED) is 0.817. The van der Waals surface area contributed by atoms with Crippen LogP contribution in [0.2, 0.25) is 0 Å². The smallest absolute Gasteiger partial charge is 0.355 e. The molecular weight excluding hydrogens is 361 g/mol. The standard InChI is InChI=1S/C19H15ClFNO4/c1-10-6-5-7-11(2)15(10)22-16-14(20)18(24)26-19(16)25-17(23)12-8-3-4-9-13(12)21/h3-9,19,22H,1-2H3. The van der Waals surface area contributed by atoms with Crippen molar-refractivity contribution in [3.8, 4) is 0 Å². The molecule has 26 heavy (non-hydrogen) atoms. The van der Waals surface area contributed by atoms with E-state index in [2.05, 4.69) is 5.32 Å². The van der Waals surface area contributed by atoms with E-state index in [0.29, 0.717) is 5.69 Å². The van der Waals surface area contributed by atoms with E-state index in [-0.39, 0.29) is 16.3 Å². The Morgan fingerprint density at radius 1 is 1.15 bits per heavy atom. The zero-order valence-electron chi connectivity index (χ0n) is 14.0. The third-order valence-corrected chi connectivity index (χ3v) is 4.27. The van der Waals surface area contributed by atoms with E-state index in [9.17, 15) is 14.0 Å². The summed E-state index contributed by atoms with van der Waals surface area (Å²) < 4.78 is 23.9. The fourth-order valence-electron chi connectivity index (χ4n) is 2.55. The topological polar surface area (TPSA) is 64.6 Å². The molecule has 0 aromatic heterocycles. The summed E-state index contributed by atoms with van der Waals surface area (Å²) in [6, 6.07) is 11.0. The van der Waals surface area contributed by atoms with Gasteiger partial charge in [-0.25, -0.2) is 14.0 Å². The van der Waals surface area contributed by atoms with Crippen LogP contribution in [0.4, 0.5) is 10.1 Å². The normalized spacial score (nSPS) is 16.5. The van der Waals surface area contributed by atoms with Crippen molar-refractivity contribution in [1.29, 1.82) is 0 Å². The van der Waals surface area contributed by atoms with Gasteiger partial charge >= 0.3 is 11.9 Å². The lowest BCUT2D eigenvalue weighted by Gasteiger charge is -2.18. The number of carbonyl (C=O) groups excluding carboxylic acids is 2. The molecule has 134 valence electrons. The molecule has 0 radical (unpaired) electrons. The maximum absolute atomic E-state index is 13.8. The van der Waals surface area contributed by atoms with Gasteiger partial charge in [-0.2, -0.15) is 0 Å². The lowest BCUT2D eigenvalue weighted by atomic mass is 10.1. The summed E-state index contributed by atoms with van der Waals surface area (Å²) in [5.74, 6) is -2.53. The molecule has 0 bridgehead atoms. The summed E-state index contributed by atoms with van der Waals surface area (Å²) in [4.78, 5) is 24.0. The first-order valence-electron chi connectivity index (χ1n) is 7.78. The molecule has 7 heteroatoms. The number of hydrogen-bond acceptors (Lipinski definition) is 5. The summed E-state index contributed by atoms with van der Waals surface area (Å²) in [6.07, 6.45) is -1.39. The highest BCUT2D eigenvalue weighted by atomic mass is 35.5. The average molecular weight is 376 g/mol.